The number of ether oxygens (including phenoxy) is 1. The highest BCUT2D eigenvalue weighted by molar-refractivity contribution is 7.90. The van der Waals surface area contributed by atoms with E-state index in [1.165, 1.54) is 24.4 Å². The Morgan fingerprint density at radius 2 is 2.04 bits per heavy atom. The van der Waals surface area contributed by atoms with Gasteiger partial charge in [-0.2, -0.15) is 0 Å². The molecule has 27 heavy (non-hydrogen) atoms. The highest BCUT2D eigenvalue weighted by Crippen LogP contribution is 2.42. The van der Waals surface area contributed by atoms with Crippen LogP contribution in [0.5, 0.6) is 0 Å². The van der Waals surface area contributed by atoms with Crippen LogP contribution < -0.4 is 5.32 Å². The minimum Gasteiger partial charge on any atom is -0.449 e. The Balaban J connectivity index is 1.98. The third-order valence-corrected chi connectivity index (χ3v) is 5.24. The summed E-state index contributed by atoms with van der Waals surface area (Å²) in [7, 11) is -3.52. The van der Waals surface area contributed by atoms with Crippen molar-refractivity contribution in [1.29, 1.82) is 0 Å². The average molecular weight is 392 g/mol. The monoisotopic (exact) mass is 392 g/mol. The number of hydrogen-bond donors (Lipinski definition) is 1. The lowest BCUT2D eigenvalue weighted by molar-refractivity contribution is 0.103. The maximum Gasteiger partial charge on any atom is 0.411 e. The highest BCUT2D eigenvalue weighted by atomic mass is 32.2. The molecular weight excluding hydrogens is 372 g/mol. The maximum atomic E-state index is 13.0. The van der Waals surface area contributed by atoms with Crippen molar-refractivity contribution in [3.8, 4) is 0 Å². The van der Waals surface area contributed by atoms with Gasteiger partial charge in [-0.15, -0.1) is 0 Å². The molecule has 1 amide bonds. The van der Waals surface area contributed by atoms with Gasteiger partial charge in [-0.05, 0) is 37.5 Å². The fourth-order valence-electron chi connectivity index (χ4n) is 2.60. The van der Waals surface area contributed by atoms with Gasteiger partial charge in [0.15, 0.2) is 21.4 Å². The standard InChI is InChI=1S/C18H20N2O6S/c1-3-8-25-18(22)20-15-9-12(27(2,23)24)6-7-13(15)16(21)14-10-19-26-17(14)11-4-5-11/h6-7,9-11H,3-5,8H2,1-2H3,(H,20,22). The summed E-state index contributed by atoms with van der Waals surface area (Å²) in [5.74, 6) is 0.295. The Kier molecular flexibility index (Phi) is 5.31. The van der Waals surface area contributed by atoms with Gasteiger partial charge in [0.25, 0.3) is 0 Å². The fourth-order valence-corrected chi connectivity index (χ4v) is 3.25. The van der Waals surface area contributed by atoms with Gasteiger partial charge in [0.2, 0.25) is 0 Å². The molecule has 2 aromatic rings. The van der Waals surface area contributed by atoms with E-state index in [1.54, 1.807) is 0 Å². The van der Waals surface area contributed by atoms with Gasteiger partial charge in [-0.1, -0.05) is 12.1 Å². The first-order valence-corrected chi connectivity index (χ1v) is 10.5. The summed E-state index contributed by atoms with van der Waals surface area (Å²) in [4.78, 5) is 24.9. The minimum absolute atomic E-state index is 0.0161. The van der Waals surface area contributed by atoms with Crippen LogP contribution in [0.3, 0.4) is 0 Å². The van der Waals surface area contributed by atoms with Crippen molar-refractivity contribution in [2.24, 2.45) is 0 Å². The molecule has 1 aliphatic rings. The van der Waals surface area contributed by atoms with Crippen molar-refractivity contribution in [2.75, 3.05) is 18.2 Å². The molecule has 9 heteroatoms. The summed E-state index contributed by atoms with van der Waals surface area (Å²) in [6.45, 7) is 2.05. The van der Waals surface area contributed by atoms with Gasteiger partial charge in [0.05, 0.1) is 29.0 Å². The zero-order chi connectivity index (χ0) is 19.6. The maximum absolute atomic E-state index is 13.0. The average Bonchev–Trinajstić information content (AvgIpc) is 3.35. The highest BCUT2D eigenvalue weighted by Gasteiger charge is 2.33. The first kappa shape index (κ1) is 19.1. The quantitative estimate of drug-likeness (QED) is 0.720. The SMILES string of the molecule is CCCOC(=O)Nc1cc(S(C)(=O)=O)ccc1C(=O)c1cnoc1C1CC1. The van der Waals surface area contributed by atoms with E-state index < -0.39 is 21.7 Å². The summed E-state index contributed by atoms with van der Waals surface area (Å²) >= 11 is 0. The lowest BCUT2D eigenvalue weighted by atomic mass is 10.0. The number of carbonyl (C=O) groups is 2. The zero-order valence-electron chi connectivity index (χ0n) is 15.0. The first-order chi connectivity index (χ1) is 12.8. The molecule has 0 unspecified atom stereocenters. The van der Waals surface area contributed by atoms with Gasteiger partial charge >= 0.3 is 6.09 Å². The number of aromatic nitrogens is 1. The third kappa shape index (κ3) is 4.36. The number of sulfone groups is 1. The summed E-state index contributed by atoms with van der Waals surface area (Å²) in [5.41, 5.74) is 0.516. The number of anilines is 1. The van der Waals surface area contributed by atoms with E-state index in [0.29, 0.717) is 17.7 Å². The molecule has 0 saturated heterocycles. The van der Waals surface area contributed by atoms with Crippen LogP contribution in [0.2, 0.25) is 0 Å². The lowest BCUT2D eigenvalue weighted by Gasteiger charge is -2.12. The van der Waals surface area contributed by atoms with Crippen LogP contribution in [0.1, 0.15) is 53.8 Å². The van der Waals surface area contributed by atoms with E-state index in [2.05, 4.69) is 10.5 Å². The number of amides is 1. The van der Waals surface area contributed by atoms with E-state index in [-0.39, 0.29) is 28.7 Å². The van der Waals surface area contributed by atoms with Crippen LogP contribution in [0, 0.1) is 0 Å². The lowest BCUT2D eigenvalue weighted by Crippen LogP contribution is -2.17. The Morgan fingerprint density at radius 1 is 1.30 bits per heavy atom. The molecule has 0 atom stereocenters. The van der Waals surface area contributed by atoms with Crippen LogP contribution in [0.15, 0.2) is 33.8 Å². The van der Waals surface area contributed by atoms with Crippen LogP contribution >= 0.6 is 0 Å². The van der Waals surface area contributed by atoms with E-state index in [0.717, 1.165) is 19.1 Å². The van der Waals surface area contributed by atoms with Crippen LogP contribution in [0.4, 0.5) is 10.5 Å². The fraction of sp³-hybridized carbons (Fsp3) is 0.389. The first-order valence-electron chi connectivity index (χ1n) is 8.58. The van der Waals surface area contributed by atoms with Gasteiger partial charge < -0.3 is 9.26 Å². The van der Waals surface area contributed by atoms with Crippen LogP contribution in [-0.2, 0) is 14.6 Å². The van der Waals surface area contributed by atoms with Gasteiger partial charge in [0.1, 0.15) is 0 Å². The molecule has 8 nitrogen and oxygen atoms in total. The molecule has 1 fully saturated rings. The number of nitrogens with zero attached hydrogens (tertiary/aromatic N) is 1. The van der Waals surface area contributed by atoms with Crippen molar-refractivity contribution >= 4 is 27.4 Å². The predicted octanol–water partition coefficient (Wildman–Crippen LogP) is 3.15. The number of nitrogens with one attached hydrogen (secondary N) is 1. The smallest absolute Gasteiger partial charge is 0.411 e. The molecule has 1 saturated carbocycles. The number of rotatable bonds is 7. The van der Waals surface area contributed by atoms with Crippen molar-refractivity contribution in [3.63, 3.8) is 0 Å². The summed E-state index contributed by atoms with van der Waals surface area (Å²) < 4.78 is 33.9. The summed E-state index contributed by atoms with van der Waals surface area (Å²) in [6, 6.07) is 3.95. The Hall–Kier alpha value is -2.68. The number of ketones is 1. The molecular formula is C18H20N2O6S. The molecule has 0 radical (unpaired) electrons. The second-order valence-corrected chi connectivity index (χ2v) is 8.46. The van der Waals surface area contributed by atoms with Crippen LogP contribution in [0.25, 0.3) is 0 Å². The second-order valence-electron chi connectivity index (χ2n) is 6.45. The molecule has 144 valence electrons. The number of carbonyl (C=O) groups excluding carboxylic acids is 2. The largest absolute Gasteiger partial charge is 0.449 e. The van der Waals surface area contributed by atoms with E-state index in [4.69, 9.17) is 9.26 Å². The zero-order valence-corrected chi connectivity index (χ0v) is 15.8. The normalized spacial score (nSPS) is 14.0. The summed E-state index contributed by atoms with van der Waals surface area (Å²) in [6.07, 6.45) is 4.12. The van der Waals surface area contributed by atoms with Gasteiger partial charge in [-0.25, -0.2) is 13.2 Å². The third-order valence-electron chi connectivity index (χ3n) is 4.13. The predicted molar refractivity (Wildman–Crippen MR) is 96.7 cm³/mol. The van der Waals surface area contributed by atoms with Crippen LogP contribution in [-0.4, -0.2) is 38.3 Å². The Labute approximate surface area is 156 Å². The number of hydrogen-bond acceptors (Lipinski definition) is 7. The molecule has 1 aliphatic carbocycles. The summed E-state index contributed by atoms with van der Waals surface area (Å²) in [5, 5.41) is 6.18. The van der Waals surface area contributed by atoms with E-state index >= 15 is 0 Å². The van der Waals surface area contributed by atoms with E-state index in [1.807, 2.05) is 6.92 Å². The Bertz CT molecular complexity index is 975. The molecule has 1 heterocycles. The van der Waals surface area contributed by atoms with Crippen molar-refractivity contribution < 1.29 is 27.3 Å². The molecule has 1 aromatic heterocycles. The van der Waals surface area contributed by atoms with Crippen molar-refractivity contribution in [1.82, 2.24) is 5.16 Å². The molecule has 0 bridgehead atoms. The van der Waals surface area contributed by atoms with E-state index in [9.17, 15) is 18.0 Å². The van der Waals surface area contributed by atoms with Crippen molar-refractivity contribution in [2.45, 2.75) is 37.0 Å². The topological polar surface area (TPSA) is 116 Å². The molecule has 0 aliphatic heterocycles. The number of benzene rings is 1. The molecule has 0 spiro atoms. The van der Waals surface area contributed by atoms with Crippen molar-refractivity contribution in [3.05, 3.63) is 41.3 Å². The second kappa shape index (κ2) is 7.51. The minimum atomic E-state index is -3.52. The Morgan fingerprint density at radius 3 is 2.67 bits per heavy atom. The molecule has 3 rings (SSSR count). The molecule has 1 N–H and O–H groups in total. The molecule has 1 aromatic carbocycles. The van der Waals surface area contributed by atoms with Gasteiger partial charge in [0, 0.05) is 17.7 Å². The van der Waals surface area contributed by atoms with Gasteiger partial charge in [-0.3, -0.25) is 10.1 Å².